The number of hydrogen-bond donors (Lipinski definition) is 1. The molecule has 0 saturated heterocycles. The van der Waals surface area contributed by atoms with Gasteiger partial charge in [-0.3, -0.25) is 4.68 Å². The Morgan fingerprint density at radius 2 is 2.12 bits per heavy atom. The summed E-state index contributed by atoms with van der Waals surface area (Å²) >= 11 is 0. The van der Waals surface area contributed by atoms with E-state index in [0.29, 0.717) is 5.41 Å². The first-order chi connectivity index (χ1) is 7.51. The summed E-state index contributed by atoms with van der Waals surface area (Å²) in [5.41, 5.74) is 1.66. The lowest BCUT2D eigenvalue weighted by Crippen LogP contribution is -2.13. The van der Waals surface area contributed by atoms with Crippen LogP contribution in [0, 0.1) is 5.41 Å². The van der Waals surface area contributed by atoms with Gasteiger partial charge in [0.2, 0.25) is 0 Å². The second kappa shape index (κ2) is 6.04. The van der Waals surface area contributed by atoms with Crippen molar-refractivity contribution >= 4 is 0 Å². The topological polar surface area (TPSA) is 29.9 Å². The lowest BCUT2D eigenvalue weighted by molar-refractivity contribution is 0.341. The Balaban J connectivity index is 2.33. The van der Waals surface area contributed by atoms with Crippen LogP contribution in [-0.2, 0) is 13.1 Å². The SMILES string of the molecule is CCCNCc1cnn(CCC(C)(C)C)c1. The van der Waals surface area contributed by atoms with Gasteiger partial charge in [0.05, 0.1) is 6.20 Å². The number of aromatic nitrogens is 2. The van der Waals surface area contributed by atoms with Crippen LogP contribution in [0.4, 0.5) is 0 Å². The van der Waals surface area contributed by atoms with E-state index in [4.69, 9.17) is 0 Å². The first-order valence-electron chi connectivity index (χ1n) is 6.23. The van der Waals surface area contributed by atoms with Crippen LogP contribution in [0.1, 0.15) is 46.1 Å². The van der Waals surface area contributed by atoms with Crippen molar-refractivity contribution in [2.24, 2.45) is 5.41 Å². The van der Waals surface area contributed by atoms with Gasteiger partial charge < -0.3 is 5.32 Å². The molecule has 1 N–H and O–H groups in total. The number of aryl methyl sites for hydroxylation is 1. The van der Waals surface area contributed by atoms with E-state index >= 15 is 0 Å². The highest BCUT2D eigenvalue weighted by Crippen LogP contribution is 2.19. The Morgan fingerprint density at radius 3 is 2.75 bits per heavy atom. The molecule has 92 valence electrons. The van der Waals surface area contributed by atoms with Gasteiger partial charge in [0.25, 0.3) is 0 Å². The number of nitrogens with zero attached hydrogens (tertiary/aromatic N) is 2. The summed E-state index contributed by atoms with van der Waals surface area (Å²) < 4.78 is 2.05. The van der Waals surface area contributed by atoms with Gasteiger partial charge >= 0.3 is 0 Å². The summed E-state index contributed by atoms with van der Waals surface area (Å²) in [7, 11) is 0. The van der Waals surface area contributed by atoms with Gasteiger partial charge in [-0.1, -0.05) is 27.7 Å². The average molecular weight is 223 g/mol. The highest BCUT2D eigenvalue weighted by Gasteiger charge is 2.10. The molecule has 0 aliphatic carbocycles. The van der Waals surface area contributed by atoms with E-state index < -0.39 is 0 Å². The van der Waals surface area contributed by atoms with Crippen LogP contribution in [0.3, 0.4) is 0 Å². The standard InChI is InChI=1S/C13H25N3/c1-5-7-14-9-12-10-15-16(11-12)8-6-13(2,3)4/h10-11,14H,5-9H2,1-4H3. The van der Waals surface area contributed by atoms with E-state index in [1.54, 1.807) is 0 Å². The maximum absolute atomic E-state index is 4.37. The first-order valence-corrected chi connectivity index (χ1v) is 6.23. The Morgan fingerprint density at radius 1 is 1.38 bits per heavy atom. The van der Waals surface area contributed by atoms with E-state index in [1.165, 1.54) is 12.0 Å². The van der Waals surface area contributed by atoms with Crippen LogP contribution in [0.5, 0.6) is 0 Å². The summed E-state index contributed by atoms with van der Waals surface area (Å²) in [6, 6.07) is 0. The summed E-state index contributed by atoms with van der Waals surface area (Å²) in [6.07, 6.45) is 6.45. The highest BCUT2D eigenvalue weighted by atomic mass is 15.3. The molecule has 0 spiro atoms. The van der Waals surface area contributed by atoms with Crippen molar-refractivity contribution in [3.05, 3.63) is 18.0 Å². The molecule has 3 nitrogen and oxygen atoms in total. The molecule has 1 rings (SSSR count). The van der Waals surface area contributed by atoms with Gasteiger partial charge in [-0.2, -0.15) is 5.10 Å². The van der Waals surface area contributed by atoms with Gasteiger partial charge in [0.1, 0.15) is 0 Å². The summed E-state index contributed by atoms with van der Waals surface area (Å²) in [6.45, 7) is 12.0. The van der Waals surface area contributed by atoms with Crippen LogP contribution >= 0.6 is 0 Å². The largest absolute Gasteiger partial charge is 0.313 e. The minimum absolute atomic E-state index is 0.382. The van der Waals surface area contributed by atoms with E-state index in [2.05, 4.69) is 44.3 Å². The Bertz CT molecular complexity index is 296. The fourth-order valence-electron chi connectivity index (χ4n) is 1.48. The molecule has 0 fully saturated rings. The maximum atomic E-state index is 4.37. The van der Waals surface area contributed by atoms with E-state index in [-0.39, 0.29) is 0 Å². The second-order valence-electron chi connectivity index (χ2n) is 5.60. The molecular formula is C13H25N3. The maximum Gasteiger partial charge on any atom is 0.0534 e. The third-order valence-electron chi connectivity index (χ3n) is 2.53. The normalized spacial score (nSPS) is 12.0. The van der Waals surface area contributed by atoms with Crippen LogP contribution in [0.15, 0.2) is 12.4 Å². The van der Waals surface area contributed by atoms with Crippen molar-refractivity contribution in [2.75, 3.05) is 6.54 Å². The molecule has 0 atom stereocenters. The molecular weight excluding hydrogens is 198 g/mol. The molecule has 0 saturated carbocycles. The monoisotopic (exact) mass is 223 g/mol. The Labute approximate surface area is 99.2 Å². The molecule has 0 aliphatic rings. The fraction of sp³-hybridized carbons (Fsp3) is 0.769. The van der Waals surface area contributed by atoms with Gasteiger partial charge in [-0.15, -0.1) is 0 Å². The van der Waals surface area contributed by atoms with Gasteiger partial charge in [-0.25, -0.2) is 0 Å². The van der Waals surface area contributed by atoms with Crippen LogP contribution in [0.25, 0.3) is 0 Å². The molecule has 3 heteroatoms. The van der Waals surface area contributed by atoms with Crippen LogP contribution in [-0.4, -0.2) is 16.3 Å². The third-order valence-corrected chi connectivity index (χ3v) is 2.53. The summed E-state index contributed by atoms with van der Waals surface area (Å²) in [4.78, 5) is 0. The third kappa shape index (κ3) is 5.31. The zero-order valence-corrected chi connectivity index (χ0v) is 11.1. The van der Waals surface area contributed by atoms with Crippen molar-refractivity contribution in [3.63, 3.8) is 0 Å². The Hall–Kier alpha value is -0.830. The lowest BCUT2D eigenvalue weighted by Gasteiger charge is -2.17. The predicted molar refractivity (Wildman–Crippen MR) is 68.3 cm³/mol. The average Bonchev–Trinajstić information content (AvgIpc) is 2.62. The van der Waals surface area contributed by atoms with Crippen molar-refractivity contribution in [1.82, 2.24) is 15.1 Å². The van der Waals surface area contributed by atoms with Gasteiger partial charge in [0.15, 0.2) is 0 Å². The fourth-order valence-corrected chi connectivity index (χ4v) is 1.48. The summed E-state index contributed by atoms with van der Waals surface area (Å²) in [5, 5.41) is 7.76. The molecule has 0 aromatic carbocycles. The van der Waals surface area contributed by atoms with Crippen LogP contribution in [0.2, 0.25) is 0 Å². The molecule has 0 radical (unpaired) electrons. The smallest absolute Gasteiger partial charge is 0.0534 e. The number of rotatable bonds is 6. The molecule has 0 aliphatic heterocycles. The quantitative estimate of drug-likeness (QED) is 0.752. The molecule has 0 amide bonds. The number of hydrogen-bond acceptors (Lipinski definition) is 2. The minimum Gasteiger partial charge on any atom is -0.313 e. The van der Waals surface area contributed by atoms with Crippen molar-refractivity contribution in [1.29, 1.82) is 0 Å². The molecule has 1 aromatic rings. The first kappa shape index (κ1) is 13.2. The number of nitrogens with one attached hydrogen (secondary N) is 1. The second-order valence-corrected chi connectivity index (χ2v) is 5.60. The Kier molecular flexibility index (Phi) is 5.00. The van der Waals surface area contributed by atoms with Crippen molar-refractivity contribution < 1.29 is 0 Å². The molecule has 0 unspecified atom stereocenters. The van der Waals surface area contributed by atoms with Gasteiger partial charge in [-0.05, 0) is 24.8 Å². The lowest BCUT2D eigenvalue weighted by atomic mass is 9.92. The predicted octanol–water partition coefficient (Wildman–Crippen LogP) is 2.82. The zero-order valence-electron chi connectivity index (χ0n) is 11.1. The van der Waals surface area contributed by atoms with E-state index in [9.17, 15) is 0 Å². The van der Waals surface area contributed by atoms with Crippen molar-refractivity contribution in [2.45, 2.75) is 53.6 Å². The minimum atomic E-state index is 0.382. The molecule has 16 heavy (non-hydrogen) atoms. The summed E-state index contributed by atoms with van der Waals surface area (Å²) in [5.74, 6) is 0. The molecule has 0 bridgehead atoms. The van der Waals surface area contributed by atoms with Crippen molar-refractivity contribution in [3.8, 4) is 0 Å². The van der Waals surface area contributed by atoms with Gasteiger partial charge in [0, 0.05) is 24.8 Å². The van der Waals surface area contributed by atoms with Crippen LogP contribution < -0.4 is 5.32 Å². The molecule has 1 heterocycles. The van der Waals surface area contributed by atoms with E-state index in [0.717, 1.165) is 26.1 Å². The van der Waals surface area contributed by atoms with E-state index in [1.807, 2.05) is 10.9 Å². The zero-order chi connectivity index (χ0) is 12.0. The highest BCUT2D eigenvalue weighted by molar-refractivity contribution is 5.03. The molecule has 1 aromatic heterocycles.